The Morgan fingerprint density at radius 3 is 2.64 bits per heavy atom. The van der Waals surface area contributed by atoms with Crippen molar-refractivity contribution < 1.29 is 9.84 Å². The summed E-state index contributed by atoms with van der Waals surface area (Å²) < 4.78 is 4.89. The first-order valence-corrected chi connectivity index (χ1v) is 4.52. The molecule has 14 heavy (non-hydrogen) atoms. The lowest BCUT2D eigenvalue weighted by Crippen LogP contribution is -2.17. The van der Waals surface area contributed by atoms with E-state index in [1.807, 2.05) is 6.92 Å². The lowest BCUT2D eigenvalue weighted by molar-refractivity contribution is 0.220. The van der Waals surface area contributed by atoms with Gasteiger partial charge < -0.3 is 15.2 Å². The first-order chi connectivity index (χ1) is 6.56. The molecule has 0 saturated heterocycles. The molecule has 0 amide bonds. The molecule has 3 heteroatoms. The average molecular weight is 197 g/mol. The smallest absolute Gasteiger partial charge is 0.108 e. The van der Waals surface area contributed by atoms with Crippen LogP contribution in [0.5, 0.6) is 0 Å². The molecular formula is C11H19NO2. The van der Waals surface area contributed by atoms with Crippen molar-refractivity contribution in [2.45, 2.75) is 13.3 Å². The zero-order chi connectivity index (χ0) is 11.0. The van der Waals surface area contributed by atoms with Crippen molar-refractivity contribution in [2.75, 3.05) is 20.3 Å². The van der Waals surface area contributed by atoms with Crippen LogP contribution in [0, 0.1) is 0 Å². The lowest BCUT2D eigenvalue weighted by atomic mass is 10.2. The summed E-state index contributed by atoms with van der Waals surface area (Å²) in [6, 6.07) is 0. The summed E-state index contributed by atoms with van der Waals surface area (Å²) in [6.07, 6.45) is 2.50. The molecule has 0 aromatic heterocycles. The molecule has 0 unspecified atom stereocenters. The van der Waals surface area contributed by atoms with Gasteiger partial charge in [-0.15, -0.1) is 0 Å². The van der Waals surface area contributed by atoms with Gasteiger partial charge in [0, 0.05) is 19.4 Å². The zero-order valence-electron chi connectivity index (χ0n) is 8.97. The molecule has 0 aromatic rings. The Labute approximate surface area is 85.8 Å². The second kappa shape index (κ2) is 7.21. The molecule has 0 spiro atoms. The fraction of sp³-hybridized carbons (Fsp3) is 0.455. The molecule has 0 bridgehead atoms. The van der Waals surface area contributed by atoms with Gasteiger partial charge in [-0.05, 0) is 19.4 Å². The summed E-state index contributed by atoms with van der Waals surface area (Å²) >= 11 is 0. The molecule has 0 radical (unpaired) electrons. The minimum Gasteiger partial charge on any atom is -0.509 e. The van der Waals surface area contributed by atoms with Gasteiger partial charge in [-0.3, -0.25) is 0 Å². The minimum absolute atomic E-state index is 0.0956. The van der Waals surface area contributed by atoms with Crippen LogP contribution in [0.3, 0.4) is 0 Å². The van der Waals surface area contributed by atoms with Gasteiger partial charge in [-0.25, -0.2) is 0 Å². The Bertz CT molecular complexity index is 231. The van der Waals surface area contributed by atoms with Crippen LogP contribution in [-0.4, -0.2) is 25.4 Å². The Hall–Kier alpha value is -1.22. The molecule has 0 atom stereocenters. The zero-order valence-corrected chi connectivity index (χ0v) is 8.97. The third-order valence-corrected chi connectivity index (χ3v) is 1.63. The normalized spacial score (nSPS) is 11.1. The predicted molar refractivity (Wildman–Crippen MR) is 59.2 cm³/mol. The van der Waals surface area contributed by atoms with E-state index >= 15 is 0 Å². The van der Waals surface area contributed by atoms with E-state index in [0.29, 0.717) is 6.61 Å². The molecule has 0 aliphatic carbocycles. The Balaban J connectivity index is 3.64. The van der Waals surface area contributed by atoms with Crippen LogP contribution in [0.1, 0.15) is 13.3 Å². The topological polar surface area (TPSA) is 41.5 Å². The monoisotopic (exact) mass is 197 g/mol. The van der Waals surface area contributed by atoms with E-state index < -0.39 is 0 Å². The Kier molecular flexibility index (Phi) is 6.58. The van der Waals surface area contributed by atoms with Crippen LogP contribution in [0.4, 0.5) is 0 Å². The van der Waals surface area contributed by atoms with Crippen molar-refractivity contribution in [1.82, 2.24) is 5.32 Å². The number of aliphatic hydroxyl groups excluding tert-OH is 1. The summed E-state index contributed by atoms with van der Waals surface area (Å²) in [5, 5.41) is 12.0. The van der Waals surface area contributed by atoms with Crippen molar-refractivity contribution in [3.8, 4) is 0 Å². The molecule has 0 rings (SSSR count). The summed E-state index contributed by atoms with van der Waals surface area (Å²) in [6.45, 7) is 10.4. The number of aliphatic hydroxyl groups is 1. The molecule has 0 aliphatic rings. The van der Waals surface area contributed by atoms with Gasteiger partial charge in [0.1, 0.15) is 5.76 Å². The van der Waals surface area contributed by atoms with Gasteiger partial charge in [0.25, 0.3) is 0 Å². The van der Waals surface area contributed by atoms with E-state index in [0.717, 1.165) is 24.2 Å². The molecule has 0 aliphatic heterocycles. The highest BCUT2D eigenvalue weighted by Crippen LogP contribution is 2.01. The van der Waals surface area contributed by atoms with E-state index in [9.17, 15) is 0 Å². The summed E-state index contributed by atoms with van der Waals surface area (Å²) in [5.74, 6) is 0.0956. The summed E-state index contributed by atoms with van der Waals surface area (Å²) in [4.78, 5) is 0. The average Bonchev–Trinajstić information content (AvgIpc) is 2.02. The van der Waals surface area contributed by atoms with Gasteiger partial charge in [0.2, 0.25) is 0 Å². The van der Waals surface area contributed by atoms with Crippen LogP contribution in [0.15, 0.2) is 36.3 Å². The maximum atomic E-state index is 8.89. The van der Waals surface area contributed by atoms with E-state index in [1.54, 1.807) is 13.2 Å². The minimum atomic E-state index is 0.0956. The largest absolute Gasteiger partial charge is 0.509 e. The number of hydrogen-bond acceptors (Lipinski definition) is 3. The van der Waals surface area contributed by atoms with Crippen LogP contribution >= 0.6 is 0 Å². The highest BCUT2D eigenvalue weighted by atomic mass is 16.5. The van der Waals surface area contributed by atoms with Crippen LogP contribution < -0.4 is 5.32 Å². The van der Waals surface area contributed by atoms with E-state index in [-0.39, 0.29) is 5.76 Å². The predicted octanol–water partition coefficient (Wildman–Crippen LogP) is 2.14. The second-order valence-electron chi connectivity index (χ2n) is 3.20. The molecule has 0 fully saturated rings. The van der Waals surface area contributed by atoms with Crippen LogP contribution in [0.2, 0.25) is 0 Å². The van der Waals surface area contributed by atoms with Crippen molar-refractivity contribution >= 4 is 0 Å². The molecule has 0 heterocycles. The van der Waals surface area contributed by atoms with E-state index in [1.165, 1.54) is 0 Å². The standard InChI is InChI=1S/C11H19NO2/c1-9(7-11(3)13)5-6-12-10(2)8-14-4/h7,12-13H,2-3,5-6,8H2,1,4H3/b9-7+. The fourth-order valence-corrected chi connectivity index (χ4v) is 1.02. The first kappa shape index (κ1) is 12.8. The fourth-order valence-electron chi connectivity index (χ4n) is 1.02. The maximum absolute atomic E-state index is 8.89. The molecular weight excluding hydrogens is 178 g/mol. The maximum Gasteiger partial charge on any atom is 0.108 e. The third kappa shape index (κ3) is 7.43. The highest BCUT2D eigenvalue weighted by Gasteiger charge is 1.93. The highest BCUT2D eigenvalue weighted by molar-refractivity contribution is 5.13. The van der Waals surface area contributed by atoms with Gasteiger partial charge in [0.05, 0.1) is 6.61 Å². The third-order valence-electron chi connectivity index (χ3n) is 1.63. The SMILES string of the molecule is C=C(O)/C=C(\C)CCNC(=C)COC. The van der Waals surface area contributed by atoms with Gasteiger partial charge >= 0.3 is 0 Å². The molecule has 0 aromatic carbocycles. The second-order valence-corrected chi connectivity index (χ2v) is 3.20. The number of nitrogens with one attached hydrogen (secondary N) is 1. The van der Waals surface area contributed by atoms with Crippen molar-refractivity contribution in [1.29, 1.82) is 0 Å². The quantitative estimate of drug-likeness (QED) is 0.485. The number of hydrogen-bond donors (Lipinski definition) is 2. The van der Waals surface area contributed by atoms with Crippen molar-refractivity contribution in [2.24, 2.45) is 0 Å². The number of allylic oxidation sites excluding steroid dienone is 1. The molecule has 0 saturated carbocycles. The van der Waals surface area contributed by atoms with Gasteiger partial charge in [-0.1, -0.05) is 18.7 Å². The summed E-state index contributed by atoms with van der Waals surface area (Å²) in [5.41, 5.74) is 1.94. The van der Waals surface area contributed by atoms with Gasteiger partial charge in [-0.2, -0.15) is 0 Å². The number of methoxy groups -OCH3 is 1. The number of rotatable bonds is 7. The summed E-state index contributed by atoms with van der Waals surface area (Å²) in [7, 11) is 1.63. The first-order valence-electron chi connectivity index (χ1n) is 4.52. The van der Waals surface area contributed by atoms with E-state index in [4.69, 9.17) is 9.84 Å². The van der Waals surface area contributed by atoms with Gasteiger partial charge in [0.15, 0.2) is 0 Å². The van der Waals surface area contributed by atoms with Crippen molar-refractivity contribution in [3.05, 3.63) is 36.3 Å². The van der Waals surface area contributed by atoms with Crippen LogP contribution in [0.25, 0.3) is 0 Å². The molecule has 80 valence electrons. The Morgan fingerprint density at radius 2 is 2.14 bits per heavy atom. The lowest BCUT2D eigenvalue weighted by Gasteiger charge is -2.08. The molecule has 3 nitrogen and oxygen atoms in total. The Morgan fingerprint density at radius 1 is 1.50 bits per heavy atom. The van der Waals surface area contributed by atoms with Crippen molar-refractivity contribution in [3.63, 3.8) is 0 Å². The number of ether oxygens (including phenoxy) is 1. The molecule has 2 N–H and O–H groups in total. The van der Waals surface area contributed by atoms with E-state index in [2.05, 4.69) is 18.5 Å². The van der Waals surface area contributed by atoms with Crippen LogP contribution in [-0.2, 0) is 4.74 Å².